The molecule has 0 aliphatic carbocycles. The third kappa shape index (κ3) is 1.89. The molecule has 0 saturated heterocycles. The van der Waals surface area contributed by atoms with Crippen LogP contribution in [0.3, 0.4) is 0 Å². The van der Waals surface area contributed by atoms with Crippen LogP contribution in [-0.2, 0) is 0 Å². The van der Waals surface area contributed by atoms with Crippen LogP contribution in [0.2, 0.25) is 0 Å². The summed E-state index contributed by atoms with van der Waals surface area (Å²) in [5.74, 6) is 0. The van der Waals surface area contributed by atoms with E-state index >= 15 is 0 Å². The van der Waals surface area contributed by atoms with Crippen LogP contribution in [0.5, 0.6) is 0 Å². The van der Waals surface area contributed by atoms with Gasteiger partial charge in [-0.05, 0) is 24.6 Å². The summed E-state index contributed by atoms with van der Waals surface area (Å²) in [5, 5.41) is 11.3. The summed E-state index contributed by atoms with van der Waals surface area (Å²) < 4.78 is 0. The zero-order chi connectivity index (χ0) is 12.5. The quantitative estimate of drug-likeness (QED) is 0.721. The van der Waals surface area contributed by atoms with Crippen molar-refractivity contribution in [3.63, 3.8) is 0 Å². The smallest absolute Gasteiger partial charge is 0.137 e. The standard InChI is InChI=1S/C15H14N2O/c1-10-2-4-11(5-3-10)14(18)13-8-12-6-7-16-15(12)17-9-13/h2-9,14,18H,1H3,(H,16,17)/t14-/m0/s1. The summed E-state index contributed by atoms with van der Waals surface area (Å²) in [7, 11) is 0. The number of aliphatic hydroxyl groups is 1. The first-order chi connectivity index (χ1) is 8.74. The highest BCUT2D eigenvalue weighted by molar-refractivity contribution is 5.75. The minimum Gasteiger partial charge on any atom is -0.384 e. The van der Waals surface area contributed by atoms with Gasteiger partial charge in [-0.2, -0.15) is 0 Å². The number of nitrogens with zero attached hydrogens (tertiary/aromatic N) is 1. The van der Waals surface area contributed by atoms with E-state index in [-0.39, 0.29) is 0 Å². The number of benzene rings is 1. The molecule has 0 spiro atoms. The van der Waals surface area contributed by atoms with Gasteiger partial charge in [0.2, 0.25) is 0 Å². The Kier molecular flexibility index (Phi) is 2.61. The van der Waals surface area contributed by atoms with Crippen LogP contribution in [0, 0.1) is 6.92 Å². The van der Waals surface area contributed by atoms with Crippen LogP contribution in [0.25, 0.3) is 11.0 Å². The zero-order valence-electron chi connectivity index (χ0n) is 10.1. The Bertz CT molecular complexity index is 670. The minimum atomic E-state index is -0.627. The van der Waals surface area contributed by atoms with E-state index in [9.17, 15) is 5.11 Å². The second-order valence-corrected chi connectivity index (χ2v) is 4.50. The second-order valence-electron chi connectivity index (χ2n) is 4.50. The van der Waals surface area contributed by atoms with E-state index in [4.69, 9.17) is 0 Å². The summed E-state index contributed by atoms with van der Waals surface area (Å²) >= 11 is 0. The maximum absolute atomic E-state index is 10.3. The van der Waals surface area contributed by atoms with E-state index in [1.807, 2.05) is 49.5 Å². The van der Waals surface area contributed by atoms with Gasteiger partial charge >= 0.3 is 0 Å². The average Bonchev–Trinajstić information content (AvgIpc) is 2.86. The summed E-state index contributed by atoms with van der Waals surface area (Å²) in [6, 6.07) is 11.8. The Hall–Kier alpha value is -2.13. The van der Waals surface area contributed by atoms with Gasteiger partial charge in [0.05, 0.1) is 0 Å². The van der Waals surface area contributed by atoms with Crippen LogP contribution in [0.1, 0.15) is 22.8 Å². The van der Waals surface area contributed by atoms with Crippen molar-refractivity contribution in [1.82, 2.24) is 9.97 Å². The van der Waals surface area contributed by atoms with Crippen molar-refractivity contribution < 1.29 is 5.11 Å². The third-order valence-electron chi connectivity index (χ3n) is 3.13. The number of rotatable bonds is 2. The van der Waals surface area contributed by atoms with Gasteiger partial charge in [0.25, 0.3) is 0 Å². The van der Waals surface area contributed by atoms with Gasteiger partial charge in [-0.25, -0.2) is 4.98 Å². The molecule has 3 aromatic rings. The second kappa shape index (κ2) is 4.27. The SMILES string of the molecule is Cc1ccc([C@H](O)c2cnc3[nH]ccc3c2)cc1. The number of fused-ring (bicyclic) bond motifs is 1. The lowest BCUT2D eigenvalue weighted by Gasteiger charge is -2.11. The summed E-state index contributed by atoms with van der Waals surface area (Å²) in [4.78, 5) is 7.33. The molecular formula is C15H14N2O. The highest BCUT2D eigenvalue weighted by Gasteiger charge is 2.11. The molecule has 18 heavy (non-hydrogen) atoms. The molecule has 0 bridgehead atoms. The first-order valence-corrected chi connectivity index (χ1v) is 5.92. The van der Waals surface area contributed by atoms with Crippen LogP contribution < -0.4 is 0 Å². The molecule has 90 valence electrons. The lowest BCUT2D eigenvalue weighted by Crippen LogP contribution is -2.00. The molecule has 0 unspecified atom stereocenters. The van der Waals surface area contributed by atoms with Gasteiger partial charge in [-0.3, -0.25) is 0 Å². The number of aromatic amines is 1. The van der Waals surface area contributed by atoms with Crippen molar-refractivity contribution in [3.05, 3.63) is 65.5 Å². The Morgan fingerprint density at radius 3 is 2.67 bits per heavy atom. The van der Waals surface area contributed by atoms with Crippen molar-refractivity contribution in [2.75, 3.05) is 0 Å². The summed E-state index contributed by atoms with van der Waals surface area (Å²) in [6.45, 7) is 2.03. The molecule has 3 heteroatoms. The van der Waals surface area contributed by atoms with Crippen LogP contribution in [-0.4, -0.2) is 15.1 Å². The monoisotopic (exact) mass is 238 g/mol. The molecule has 2 heterocycles. The molecule has 0 saturated carbocycles. The topological polar surface area (TPSA) is 48.9 Å². The van der Waals surface area contributed by atoms with Crippen LogP contribution in [0.15, 0.2) is 48.8 Å². The Labute approximate surface area is 105 Å². The molecule has 3 rings (SSSR count). The van der Waals surface area contributed by atoms with Gasteiger partial charge in [0.15, 0.2) is 0 Å². The molecule has 0 radical (unpaired) electrons. The lowest BCUT2D eigenvalue weighted by molar-refractivity contribution is 0.220. The molecule has 2 aromatic heterocycles. The number of hydrogen-bond acceptors (Lipinski definition) is 2. The first-order valence-electron chi connectivity index (χ1n) is 5.92. The number of aromatic nitrogens is 2. The van der Waals surface area contributed by atoms with E-state index in [1.165, 1.54) is 5.56 Å². The van der Waals surface area contributed by atoms with E-state index < -0.39 is 6.10 Å². The highest BCUT2D eigenvalue weighted by atomic mass is 16.3. The van der Waals surface area contributed by atoms with E-state index in [0.717, 1.165) is 22.2 Å². The van der Waals surface area contributed by atoms with E-state index in [1.54, 1.807) is 6.20 Å². The number of aryl methyl sites for hydroxylation is 1. The normalized spacial score (nSPS) is 12.8. The Balaban J connectivity index is 2.00. The molecule has 2 N–H and O–H groups in total. The molecule has 0 aliphatic rings. The van der Waals surface area contributed by atoms with Crippen molar-refractivity contribution in [2.45, 2.75) is 13.0 Å². The zero-order valence-corrected chi connectivity index (χ0v) is 10.1. The molecule has 1 atom stereocenters. The average molecular weight is 238 g/mol. The molecule has 0 fully saturated rings. The van der Waals surface area contributed by atoms with Crippen molar-refractivity contribution in [3.8, 4) is 0 Å². The number of aliphatic hydroxyl groups excluding tert-OH is 1. The van der Waals surface area contributed by atoms with E-state index in [2.05, 4.69) is 9.97 Å². The number of nitrogens with one attached hydrogen (secondary N) is 1. The molecule has 0 aliphatic heterocycles. The molecule has 0 amide bonds. The lowest BCUT2D eigenvalue weighted by atomic mass is 10.0. The van der Waals surface area contributed by atoms with E-state index in [0.29, 0.717) is 0 Å². The Morgan fingerprint density at radius 2 is 1.89 bits per heavy atom. The van der Waals surface area contributed by atoms with Crippen molar-refractivity contribution in [1.29, 1.82) is 0 Å². The molecular weight excluding hydrogens is 224 g/mol. The fourth-order valence-corrected chi connectivity index (χ4v) is 2.05. The third-order valence-corrected chi connectivity index (χ3v) is 3.13. The predicted molar refractivity (Wildman–Crippen MR) is 71.3 cm³/mol. The largest absolute Gasteiger partial charge is 0.384 e. The van der Waals surface area contributed by atoms with Gasteiger partial charge < -0.3 is 10.1 Å². The molecule has 3 nitrogen and oxygen atoms in total. The van der Waals surface area contributed by atoms with Gasteiger partial charge in [-0.1, -0.05) is 29.8 Å². The van der Waals surface area contributed by atoms with Gasteiger partial charge in [0, 0.05) is 23.3 Å². The number of pyridine rings is 1. The maximum atomic E-state index is 10.3. The Morgan fingerprint density at radius 1 is 1.11 bits per heavy atom. The first kappa shape index (κ1) is 11.0. The van der Waals surface area contributed by atoms with Gasteiger partial charge in [0.1, 0.15) is 11.8 Å². The predicted octanol–water partition coefficient (Wildman–Crippen LogP) is 2.95. The van der Waals surface area contributed by atoms with Crippen molar-refractivity contribution >= 4 is 11.0 Å². The maximum Gasteiger partial charge on any atom is 0.137 e. The fraction of sp³-hybridized carbons (Fsp3) is 0.133. The number of H-pyrrole nitrogens is 1. The summed E-state index contributed by atoms with van der Waals surface area (Å²) in [6.07, 6.45) is 2.93. The fourth-order valence-electron chi connectivity index (χ4n) is 2.05. The molecule has 1 aromatic carbocycles. The van der Waals surface area contributed by atoms with Gasteiger partial charge in [-0.15, -0.1) is 0 Å². The van der Waals surface area contributed by atoms with Crippen molar-refractivity contribution in [2.24, 2.45) is 0 Å². The summed E-state index contributed by atoms with van der Waals surface area (Å²) in [5.41, 5.74) is 3.73. The van der Waals surface area contributed by atoms with Crippen LogP contribution in [0.4, 0.5) is 0 Å². The highest BCUT2D eigenvalue weighted by Crippen LogP contribution is 2.23. The minimum absolute atomic E-state index is 0.627. The van der Waals surface area contributed by atoms with Crippen LogP contribution >= 0.6 is 0 Å². The number of hydrogen-bond donors (Lipinski definition) is 2.